The molecule has 152 valence electrons. The molecular weight excluding hydrogens is 370 g/mol. The Morgan fingerprint density at radius 2 is 1.93 bits per heavy atom. The molecule has 2 aromatic carbocycles. The Bertz CT molecular complexity index is 959. The topological polar surface area (TPSA) is 71.1 Å². The third kappa shape index (κ3) is 3.37. The smallest absolute Gasteiger partial charge is 0.257 e. The lowest BCUT2D eigenvalue weighted by Crippen LogP contribution is -2.55. The van der Waals surface area contributed by atoms with Crippen molar-refractivity contribution in [2.45, 2.75) is 25.4 Å². The molecule has 1 atom stereocenters. The summed E-state index contributed by atoms with van der Waals surface area (Å²) < 4.78 is 10.6. The Hall–Kier alpha value is -3.22. The number of fused-ring (bicyclic) bond motifs is 2. The molecule has 2 aliphatic heterocycles. The summed E-state index contributed by atoms with van der Waals surface area (Å²) in [6.07, 6.45) is 3.14. The van der Waals surface area contributed by atoms with Gasteiger partial charge in [0.2, 0.25) is 0 Å². The second kappa shape index (κ2) is 7.66. The van der Waals surface area contributed by atoms with Crippen molar-refractivity contribution in [2.24, 2.45) is 0 Å². The fraction of sp³-hybridized carbons (Fsp3) is 0.364. The average Bonchev–Trinajstić information content (AvgIpc) is 2.77. The molecule has 7 nitrogen and oxygen atoms in total. The van der Waals surface area contributed by atoms with E-state index in [2.05, 4.69) is 10.2 Å². The molecule has 1 saturated heterocycles. The van der Waals surface area contributed by atoms with Crippen molar-refractivity contribution in [3.63, 3.8) is 0 Å². The van der Waals surface area contributed by atoms with E-state index in [1.807, 2.05) is 11.9 Å². The number of nitrogens with one attached hydrogen (secondary N) is 1. The number of nitrogens with zero attached hydrogens (tertiary/aromatic N) is 2. The SMILES string of the molecule is COc1ccc(OC)c(NC(=O)c2ccc3c(c2)N(C)C2CCCCN2C3=O)c1. The van der Waals surface area contributed by atoms with E-state index in [4.69, 9.17) is 9.47 Å². The number of hydrogen-bond acceptors (Lipinski definition) is 5. The zero-order valence-electron chi connectivity index (χ0n) is 16.9. The molecule has 0 radical (unpaired) electrons. The summed E-state index contributed by atoms with van der Waals surface area (Å²) in [5.74, 6) is 0.937. The van der Waals surface area contributed by atoms with Crippen LogP contribution in [0.4, 0.5) is 11.4 Å². The van der Waals surface area contributed by atoms with Gasteiger partial charge in [-0.1, -0.05) is 0 Å². The van der Waals surface area contributed by atoms with Gasteiger partial charge >= 0.3 is 0 Å². The van der Waals surface area contributed by atoms with Gasteiger partial charge in [-0.2, -0.15) is 0 Å². The van der Waals surface area contributed by atoms with Gasteiger partial charge in [0, 0.05) is 25.2 Å². The van der Waals surface area contributed by atoms with Gasteiger partial charge in [0.1, 0.15) is 17.7 Å². The second-order valence-electron chi connectivity index (χ2n) is 7.34. The van der Waals surface area contributed by atoms with Gasteiger partial charge in [-0.15, -0.1) is 0 Å². The van der Waals surface area contributed by atoms with Gasteiger partial charge in [-0.3, -0.25) is 9.59 Å². The zero-order chi connectivity index (χ0) is 20.5. The molecule has 4 rings (SSSR count). The minimum absolute atomic E-state index is 0.0456. The summed E-state index contributed by atoms with van der Waals surface area (Å²) in [5, 5.41) is 2.88. The van der Waals surface area contributed by atoms with E-state index in [9.17, 15) is 9.59 Å². The molecule has 0 spiro atoms. The third-order valence-electron chi connectivity index (χ3n) is 5.70. The summed E-state index contributed by atoms with van der Waals surface area (Å²) in [6.45, 7) is 0.783. The van der Waals surface area contributed by atoms with Gasteiger partial charge in [0.05, 0.1) is 31.2 Å². The summed E-state index contributed by atoms with van der Waals surface area (Å²) in [7, 11) is 5.10. The van der Waals surface area contributed by atoms with Crippen LogP contribution in [0.2, 0.25) is 0 Å². The molecule has 2 amide bonds. The highest BCUT2D eigenvalue weighted by atomic mass is 16.5. The molecule has 29 heavy (non-hydrogen) atoms. The van der Waals surface area contributed by atoms with Crippen molar-refractivity contribution in [1.82, 2.24) is 4.90 Å². The molecule has 2 aromatic rings. The number of benzene rings is 2. The number of hydrogen-bond donors (Lipinski definition) is 1. The average molecular weight is 395 g/mol. The van der Waals surface area contributed by atoms with Crippen LogP contribution in [0.3, 0.4) is 0 Å². The highest BCUT2D eigenvalue weighted by Gasteiger charge is 2.37. The number of methoxy groups -OCH3 is 2. The van der Waals surface area contributed by atoms with E-state index in [0.717, 1.165) is 31.5 Å². The van der Waals surface area contributed by atoms with Crippen LogP contribution in [0.5, 0.6) is 11.5 Å². The lowest BCUT2D eigenvalue weighted by molar-refractivity contribution is 0.0589. The normalized spacial score (nSPS) is 18.0. The molecule has 1 N–H and O–H groups in total. The van der Waals surface area contributed by atoms with Crippen molar-refractivity contribution < 1.29 is 19.1 Å². The summed E-state index contributed by atoms with van der Waals surface area (Å²) in [6, 6.07) is 10.5. The Kier molecular flexibility index (Phi) is 5.05. The molecule has 0 bridgehead atoms. The number of carbonyl (C=O) groups is 2. The van der Waals surface area contributed by atoms with Crippen LogP contribution in [0.15, 0.2) is 36.4 Å². The van der Waals surface area contributed by atoms with Crippen molar-refractivity contribution in [2.75, 3.05) is 38.0 Å². The Morgan fingerprint density at radius 1 is 1.10 bits per heavy atom. The lowest BCUT2D eigenvalue weighted by atomic mass is 9.97. The number of carbonyl (C=O) groups excluding carboxylic acids is 2. The van der Waals surface area contributed by atoms with Gasteiger partial charge < -0.3 is 24.6 Å². The van der Waals surface area contributed by atoms with Gasteiger partial charge in [-0.25, -0.2) is 0 Å². The van der Waals surface area contributed by atoms with Crippen LogP contribution in [0.1, 0.15) is 40.0 Å². The third-order valence-corrected chi connectivity index (χ3v) is 5.70. The van der Waals surface area contributed by atoms with E-state index in [-0.39, 0.29) is 18.0 Å². The molecule has 1 fully saturated rings. The molecule has 0 saturated carbocycles. The van der Waals surface area contributed by atoms with Crippen molar-refractivity contribution in [3.05, 3.63) is 47.5 Å². The molecule has 0 aliphatic carbocycles. The maximum absolute atomic E-state index is 12.9. The van der Waals surface area contributed by atoms with E-state index in [0.29, 0.717) is 28.3 Å². The van der Waals surface area contributed by atoms with Crippen molar-refractivity contribution in [1.29, 1.82) is 0 Å². The number of anilines is 2. The van der Waals surface area contributed by atoms with E-state index in [1.165, 1.54) is 0 Å². The molecule has 1 unspecified atom stereocenters. The summed E-state index contributed by atoms with van der Waals surface area (Å²) >= 11 is 0. The maximum atomic E-state index is 12.9. The van der Waals surface area contributed by atoms with Crippen LogP contribution >= 0.6 is 0 Å². The fourth-order valence-corrected chi connectivity index (χ4v) is 4.12. The first kappa shape index (κ1) is 19.1. The maximum Gasteiger partial charge on any atom is 0.257 e. The largest absolute Gasteiger partial charge is 0.497 e. The molecular formula is C22H25N3O4. The van der Waals surface area contributed by atoms with Crippen LogP contribution in [-0.4, -0.2) is 50.7 Å². The Balaban J connectivity index is 1.63. The summed E-state index contributed by atoms with van der Waals surface area (Å²) in [4.78, 5) is 29.9. The number of piperidine rings is 1. The zero-order valence-corrected chi connectivity index (χ0v) is 16.9. The minimum Gasteiger partial charge on any atom is -0.497 e. The highest BCUT2D eigenvalue weighted by molar-refractivity contribution is 6.08. The highest BCUT2D eigenvalue weighted by Crippen LogP contribution is 2.35. The summed E-state index contributed by atoms with van der Waals surface area (Å²) in [5.41, 5.74) is 2.44. The number of ether oxygens (including phenoxy) is 2. The first-order valence-electron chi connectivity index (χ1n) is 9.74. The Labute approximate surface area is 170 Å². The molecule has 2 aliphatic rings. The van der Waals surface area contributed by atoms with Crippen LogP contribution < -0.4 is 19.7 Å². The predicted octanol–water partition coefficient (Wildman–Crippen LogP) is 3.36. The lowest BCUT2D eigenvalue weighted by Gasteiger charge is -2.46. The molecule has 0 aromatic heterocycles. The van der Waals surface area contributed by atoms with E-state index >= 15 is 0 Å². The monoisotopic (exact) mass is 395 g/mol. The minimum atomic E-state index is -0.272. The predicted molar refractivity (Wildman–Crippen MR) is 111 cm³/mol. The molecule has 7 heteroatoms. The van der Waals surface area contributed by atoms with Crippen LogP contribution in [-0.2, 0) is 0 Å². The van der Waals surface area contributed by atoms with E-state index in [1.54, 1.807) is 50.6 Å². The van der Waals surface area contributed by atoms with E-state index < -0.39 is 0 Å². The van der Waals surface area contributed by atoms with Crippen LogP contribution in [0.25, 0.3) is 0 Å². The quantitative estimate of drug-likeness (QED) is 0.860. The number of amides is 2. The standard InChI is InChI=1S/C22H25N3O4/c1-24-18-12-14(7-9-16(18)22(27)25-11-5-4-6-20(24)25)21(26)23-17-13-15(28-2)8-10-19(17)29-3/h7-10,12-13,20H,4-6,11H2,1-3H3,(H,23,26). The first-order chi connectivity index (χ1) is 14.0. The van der Waals surface area contributed by atoms with Gasteiger partial charge in [-0.05, 0) is 49.6 Å². The fourth-order valence-electron chi connectivity index (χ4n) is 4.12. The van der Waals surface area contributed by atoms with Crippen molar-refractivity contribution in [3.8, 4) is 11.5 Å². The van der Waals surface area contributed by atoms with Gasteiger partial charge in [0.15, 0.2) is 0 Å². The van der Waals surface area contributed by atoms with Gasteiger partial charge in [0.25, 0.3) is 11.8 Å². The number of rotatable bonds is 4. The molecule has 2 heterocycles. The van der Waals surface area contributed by atoms with Crippen LogP contribution in [0, 0.1) is 0 Å². The first-order valence-corrected chi connectivity index (χ1v) is 9.74. The Morgan fingerprint density at radius 3 is 2.69 bits per heavy atom. The van der Waals surface area contributed by atoms with Crippen molar-refractivity contribution >= 4 is 23.2 Å². The second-order valence-corrected chi connectivity index (χ2v) is 7.34.